The summed E-state index contributed by atoms with van der Waals surface area (Å²) in [4.78, 5) is 53.6. The zero-order chi connectivity index (χ0) is 38.1. The van der Waals surface area contributed by atoms with Crippen LogP contribution in [0.25, 0.3) is 11.1 Å². The minimum Gasteiger partial charge on any atom is -0.462 e. The average molecular weight is 723 g/mol. The maximum absolute atomic E-state index is 13.5. The van der Waals surface area contributed by atoms with Crippen LogP contribution in [0.1, 0.15) is 186 Å². The fourth-order valence-corrected chi connectivity index (χ4v) is 5.90. The van der Waals surface area contributed by atoms with E-state index in [2.05, 4.69) is 27.7 Å². The van der Waals surface area contributed by atoms with Gasteiger partial charge >= 0.3 is 23.9 Å². The highest BCUT2D eigenvalue weighted by atomic mass is 16.5. The summed E-state index contributed by atoms with van der Waals surface area (Å²) in [5.74, 6) is -2.02. The van der Waals surface area contributed by atoms with Crippen molar-refractivity contribution in [1.29, 1.82) is 0 Å². The van der Waals surface area contributed by atoms with Crippen LogP contribution in [0.15, 0.2) is 36.4 Å². The fraction of sp³-hybridized carbons (Fsp3) is 0.636. The Morgan fingerprint density at radius 1 is 0.442 bits per heavy atom. The second-order valence-electron chi connectivity index (χ2n) is 14.3. The summed E-state index contributed by atoms with van der Waals surface area (Å²) in [6.45, 7) is 13.6. The van der Waals surface area contributed by atoms with E-state index in [-0.39, 0.29) is 60.5 Å². The summed E-state index contributed by atoms with van der Waals surface area (Å²) in [7, 11) is 0. The molecule has 0 radical (unpaired) electrons. The Hall–Kier alpha value is -3.68. The molecule has 2 unspecified atom stereocenters. The molecule has 0 bridgehead atoms. The maximum atomic E-state index is 13.5. The van der Waals surface area contributed by atoms with Gasteiger partial charge < -0.3 is 18.9 Å². The first kappa shape index (κ1) is 44.5. The Morgan fingerprint density at radius 3 is 1.19 bits per heavy atom. The summed E-state index contributed by atoms with van der Waals surface area (Å²) >= 11 is 0. The molecule has 0 aliphatic rings. The van der Waals surface area contributed by atoms with E-state index in [1.807, 2.05) is 13.8 Å². The van der Waals surface area contributed by atoms with Gasteiger partial charge in [0.1, 0.15) is 0 Å². The van der Waals surface area contributed by atoms with Crippen molar-refractivity contribution in [2.45, 2.75) is 144 Å². The number of esters is 4. The minimum atomic E-state index is -0.611. The van der Waals surface area contributed by atoms with Crippen molar-refractivity contribution in [3.05, 3.63) is 58.7 Å². The van der Waals surface area contributed by atoms with Crippen molar-refractivity contribution in [2.75, 3.05) is 26.4 Å². The van der Waals surface area contributed by atoms with Crippen molar-refractivity contribution >= 4 is 23.9 Å². The number of hydrogen-bond acceptors (Lipinski definition) is 8. The van der Waals surface area contributed by atoms with Crippen LogP contribution in [-0.2, 0) is 18.9 Å². The number of hydrogen-bond donors (Lipinski definition) is 0. The molecule has 0 spiro atoms. The predicted octanol–water partition coefficient (Wildman–Crippen LogP) is 11.6. The first-order chi connectivity index (χ1) is 25.2. The normalized spacial score (nSPS) is 12.2. The molecule has 2 atom stereocenters. The number of carbonyl (C=O) groups is 4. The average Bonchev–Trinajstić information content (AvgIpc) is 3.16. The molecule has 2 rings (SSSR count). The zero-order valence-electron chi connectivity index (χ0n) is 33.0. The molecule has 290 valence electrons. The molecule has 2 aromatic carbocycles. The molecule has 0 aliphatic carbocycles. The van der Waals surface area contributed by atoms with Gasteiger partial charge in [-0.05, 0) is 72.9 Å². The minimum absolute atomic E-state index is 0.0944. The number of ether oxygens (including phenoxy) is 4. The third-order valence-corrected chi connectivity index (χ3v) is 9.31. The van der Waals surface area contributed by atoms with Gasteiger partial charge in [-0.3, -0.25) is 0 Å². The lowest BCUT2D eigenvalue weighted by Crippen LogP contribution is -2.18. The smallest absolute Gasteiger partial charge is 0.339 e. The summed E-state index contributed by atoms with van der Waals surface area (Å²) in [5, 5.41) is 0. The van der Waals surface area contributed by atoms with E-state index >= 15 is 0 Å². The van der Waals surface area contributed by atoms with Crippen molar-refractivity contribution in [2.24, 2.45) is 11.8 Å². The molecule has 0 saturated heterocycles. The van der Waals surface area contributed by atoms with Gasteiger partial charge in [0.15, 0.2) is 0 Å². The lowest BCUT2D eigenvalue weighted by atomic mass is 9.95. The number of benzene rings is 2. The van der Waals surface area contributed by atoms with Crippen molar-refractivity contribution in [3.8, 4) is 11.1 Å². The Labute approximate surface area is 313 Å². The second-order valence-corrected chi connectivity index (χ2v) is 14.3. The van der Waals surface area contributed by atoms with Gasteiger partial charge in [-0.15, -0.1) is 0 Å². The quantitative estimate of drug-likeness (QED) is 0.0510. The molecule has 0 aliphatic heterocycles. The molecule has 2 aromatic rings. The molecular formula is C44H66O8. The number of carbonyl (C=O) groups excluding carboxylic acids is 4. The van der Waals surface area contributed by atoms with Gasteiger partial charge in [-0.2, -0.15) is 0 Å². The maximum Gasteiger partial charge on any atom is 0.339 e. The molecule has 0 aromatic heterocycles. The lowest BCUT2D eigenvalue weighted by molar-refractivity contribution is 0.0415. The molecular weight excluding hydrogens is 656 g/mol. The Morgan fingerprint density at radius 2 is 0.788 bits per heavy atom. The van der Waals surface area contributed by atoms with Gasteiger partial charge in [0.25, 0.3) is 0 Å². The molecule has 0 heterocycles. The van der Waals surface area contributed by atoms with E-state index in [9.17, 15) is 19.2 Å². The van der Waals surface area contributed by atoms with Crippen LogP contribution >= 0.6 is 0 Å². The third-order valence-electron chi connectivity index (χ3n) is 9.31. The van der Waals surface area contributed by atoms with E-state index in [0.29, 0.717) is 11.1 Å². The number of unbranched alkanes of at least 4 members (excludes halogenated alkanes) is 10. The Kier molecular flexibility index (Phi) is 22.4. The largest absolute Gasteiger partial charge is 0.462 e. The van der Waals surface area contributed by atoms with E-state index in [0.717, 1.165) is 103 Å². The number of rotatable bonds is 27. The monoisotopic (exact) mass is 722 g/mol. The van der Waals surface area contributed by atoms with E-state index in [4.69, 9.17) is 18.9 Å². The van der Waals surface area contributed by atoms with Crippen LogP contribution in [0.2, 0.25) is 0 Å². The summed E-state index contributed by atoms with van der Waals surface area (Å²) in [6, 6.07) is 9.76. The van der Waals surface area contributed by atoms with Crippen LogP contribution in [0.5, 0.6) is 0 Å². The standard InChI is InChI=1S/C44H66O8/c1-7-11-15-17-19-27-49-41(45)37-25-23-36(30-40(37)44(48)52-32-34(6)22-14-10-4)35-24-26-38(42(46)51-31-33(5)21-13-9-3)39(29-35)43(47)50-28-20-18-16-12-8-2/h23-26,29-30,33-34H,7-22,27-28,31-32H2,1-6H3. The van der Waals surface area contributed by atoms with Crippen LogP contribution in [0.4, 0.5) is 0 Å². The molecule has 0 fully saturated rings. The summed E-state index contributed by atoms with van der Waals surface area (Å²) in [5.41, 5.74) is 1.59. The van der Waals surface area contributed by atoms with Gasteiger partial charge in [-0.1, -0.05) is 131 Å². The van der Waals surface area contributed by atoms with Crippen LogP contribution in [0, 0.1) is 11.8 Å². The van der Waals surface area contributed by atoms with Crippen LogP contribution in [-0.4, -0.2) is 50.3 Å². The summed E-state index contributed by atoms with van der Waals surface area (Å²) in [6.07, 6.45) is 16.2. The first-order valence-corrected chi connectivity index (χ1v) is 20.1. The lowest BCUT2D eigenvalue weighted by Gasteiger charge is -2.16. The molecule has 0 saturated carbocycles. The molecule has 0 N–H and O–H groups in total. The van der Waals surface area contributed by atoms with Gasteiger partial charge in [-0.25, -0.2) is 19.2 Å². The van der Waals surface area contributed by atoms with Crippen molar-refractivity contribution < 1.29 is 38.1 Å². The van der Waals surface area contributed by atoms with Crippen molar-refractivity contribution in [3.63, 3.8) is 0 Å². The predicted molar refractivity (Wildman–Crippen MR) is 208 cm³/mol. The first-order valence-electron chi connectivity index (χ1n) is 20.1. The highest BCUT2D eigenvalue weighted by Crippen LogP contribution is 2.28. The second kappa shape index (κ2) is 26.1. The molecule has 0 amide bonds. The van der Waals surface area contributed by atoms with Crippen molar-refractivity contribution in [1.82, 2.24) is 0 Å². The molecule has 52 heavy (non-hydrogen) atoms. The zero-order valence-corrected chi connectivity index (χ0v) is 33.0. The Bertz CT molecular complexity index is 1370. The SMILES string of the molecule is CCCCCCCOC(=O)c1cc(-c2ccc(C(=O)OCCCCCCC)c(C(=O)OCC(C)CCCC)c2)ccc1C(=O)OCC(C)CCCC. The van der Waals surface area contributed by atoms with Gasteiger partial charge in [0, 0.05) is 0 Å². The Balaban J connectivity index is 2.43. The molecule has 8 nitrogen and oxygen atoms in total. The summed E-state index contributed by atoms with van der Waals surface area (Å²) < 4.78 is 22.6. The topological polar surface area (TPSA) is 105 Å². The van der Waals surface area contributed by atoms with E-state index in [1.54, 1.807) is 36.4 Å². The third kappa shape index (κ3) is 16.3. The van der Waals surface area contributed by atoms with E-state index in [1.165, 1.54) is 0 Å². The van der Waals surface area contributed by atoms with Crippen LogP contribution in [0.3, 0.4) is 0 Å². The fourth-order valence-electron chi connectivity index (χ4n) is 5.90. The molecule has 8 heteroatoms. The highest BCUT2D eigenvalue weighted by Gasteiger charge is 2.24. The van der Waals surface area contributed by atoms with Gasteiger partial charge in [0.05, 0.1) is 48.7 Å². The highest BCUT2D eigenvalue weighted by molar-refractivity contribution is 6.06. The van der Waals surface area contributed by atoms with Crippen LogP contribution < -0.4 is 0 Å². The van der Waals surface area contributed by atoms with E-state index < -0.39 is 23.9 Å². The van der Waals surface area contributed by atoms with Gasteiger partial charge in [0.2, 0.25) is 0 Å².